The minimum Gasteiger partial charge on any atom is -0.493 e. The van der Waals surface area contributed by atoms with E-state index in [9.17, 15) is 4.39 Å². The van der Waals surface area contributed by atoms with Gasteiger partial charge in [-0.15, -0.1) is 0 Å². The topological polar surface area (TPSA) is 21.7 Å². The van der Waals surface area contributed by atoms with Crippen molar-refractivity contribution in [2.45, 2.75) is 31.6 Å². The lowest BCUT2D eigenvalue weighted by Crippen LogP contribution is -2.28. The van der Waals surface area contributed by atoms with Gasteiger partial charge in [0.2, 0.25) is 0 Å². The molecule has 3 rings (SSSR count). The third-order valence-corrected chi connectivity index (χ3v) is 5.31. The normalized spacial score (nSPS) is 16.4. The zero-order valence-electron chi connectivity index (χ0n) is 15.9. The van der Waals surface area contributed by atoms with Gasteiger partial charge in [0.15, 0.2) is 11.5 Å². The fourth-order valence-corrected chi connectivity index (χ4v) is 4.00. The Bertz CT molecular complexity index is 747. The van der Waals surface area contributed by atoms with E-state index in [1.54, 1.807) is 26.4 Å². The summed E-state index contributed by atoms with van der Waals surface area (Å²) in [5.41, 5.74) is 3.72. The molecular formula is C22H28FNO2. The molecule has 0 N–H and O–H groups in total. The highest BCUT2D eigenvalue weighted by Gasteiger charge is 2.25. The molecule has 0 saturated carbocycles. The van der Waals surface area contributed by atoms with Crippen LogP contribution >= 0.6 is 0 Å². The summed E-state index contributed by atoms with van der Waals surface area (Å²) in [6.45, 7) is 1.92. The third kappa shape index (κ3) is 4.18. The molecule has 0 radical (unpaired) electrons. The van der Waals surface area contributed by atoms with Crippen LogP contribution in [-0.2, 0) is 12.8 Å². The lowest BCUT2D eigenvalue weighted by Gasteiger charge is -2.31. The van der Waals surface area contributed by atoms with Gasteiger partial charge < -0.3 is 14.4 Å². The van der Waals surface area contributed by atoms with Gasteiger partial charge >= 0.3 is 0 Å². The van der Waals surface area contributed by atoms with Crippen molar-refractivity contribution >= 4 is 0 Å². The Balaban J connectivity index is 1.67. The summed E-state index contributed by atoms with van der Waals surface area (Å²) in [4.78, 5) is 2.35. The van der Waals surface area contributed by atoms with E-state index in [4.69, 9.17) is 9.47 Å². The zero-order valence-corrected chi connectivity index (χ0v) is 15.9. The van der Waals surface area contributed by atoms with Crippen molar-refractivity contribution in [2.75, 3.05) is 34.4 Å². The van der Waals surface area contributed by atoms with Crippen LogP contribution in [0.25, 0.3) is 0 Å². The second-order valence-electron chi connectivity index (χ2n) is 7.10. The molecule has 0 fully saturated rings. The van der Waals surface area contributed by atoms with Gasteiger partial charge in [0, 0.05) is 18.7 Å². The molecule has 1 unspecified atom stereocenters. The van der Waals surface area contributed by atoms with Crippen LogP contribution in [0.15, 0.2) is 36.4 Å². The van der Waals surface area contributed by atoms with Crippen LogP contribution < -0.4 is 9.47 Å². The Morgan fingerprint density at radius 1 is 1.15 bits per heavy atom. The zero-order chi connectivity index (χ0) is 18.5. The molecule has 26 heavy (non-hydrogen) atoms. The second kappa shape index (κ2) is 8.54. The monoisotopic (exact) mass is 357 g/mol. The van der Waals surface area contributed by atoms with Gasteiger partial charge in [-0.2, -0.15) is 0 Å². The van der Waals surface area contributed by atoms with Gasteiger partial charge in [0.25, 0.3) is 0 Å². The van der Waals surface area contributed by atoms with Crippen LogP contribution in [0.1, 0.15) is 35.4 Å². The van der Waals surface area contributed by atoms with Crippen LogP contribution in [0.2, 0.25) is 0 Å². The standard InChI is InChI=1S/C22H28FNO2/c1-24(13-12-16-6-4-8-18(23)14-16)15-17-7-5-9-20-19(17)10-11-21(25-2)22(20)26-3/h4,6,8,10-11,14,17H,5,7,9,12-13,15H2,1-3H3. The summed E-state index contributed by atoms with van der Waals surface area (Å²) in [7, 11) is 5.55. The van der Waals surface area contributed by atoms with Gasteiger partial charge in [-0.25, -0.2) is 4.39 Å². The number of fused-ring (bicyclic) bond motifs is 1. The Morgan fingerprint density at radius 2 is 2.00 bits per heavy atom. The van der Waals surface area contributed by atoms with Gasteiger partial charge in [0.05, 0.1) is 14.2 Å². The molecule has 0 spiro atoms. The molecule has 1 aliphatic rings. The van der Waals surface area contributed by atoms with E-state index in [2.05, 4.69) is 18.0 Å². The molecule has 3 nitrogen and oxygen atoms in total. The van der Waals surface area contributed by atoms with Crippen molar-refractivity contribution < 1.29 is 13.9 Å². The van der Waals surface area contributed by atoms with Gasteiger partial charge in [-0.05, 0) is 68.0 Å². The Labute approximate surface area is 155 Å². The fourth-order valence-electron chi connectivity index (χ4n) is 4.00. The molecule has 1 atom stereocenters. The van der Waals surface area contributed by atoms with Gasteiger partial charge in [-0.1, -0.05) is 18.2 Å². The van der Waals surface area contributed by atoms with Gasteiger partial charge in [-0.3, -0.25) is 0 Å². The van der Waals surface area contributed by atoms with E-state index in [1.807, 2.05) is 12.1 Å². The van der Waals surface area contributed by atoms with Gasteiger partial charge in [0.1, 0.15) is 5.82 Å². The number of hydrogen-bond acceptors (Lipinski definition) is 3. The molecule has 0 aliphatic heterocycles. The summed E-state index contributed by atoms with van der Waals surface area (Å²) in [5.74, 6) is 2.03. The fraction of sp³-hybridized carbons (Fsp3) is 0.455. The number of rotatable bonds is 7. The quantitative estimate of drug-likeness (QED) is 0.731. The highest BCUT2D eigenvalue weighted by Crippen LogP contribution is 2.41. The maximum atomic E-state index is 13.3. The Hall–Kier alpha value is -2.07. The minimum atomic E-state index is -0.160. The average Bonchev–Trinajstić information content (AvgIpc) is 2.65. The molecule has 140 valence electrons. The molecule has 2 aromatic rings. The van der Waals surface area contributed by atoms with E-state index in [0.29, 0.717) is 5.92 Å². The van der Waals surface area contributed by atoms with Crippen LogP contribution in [0.3, 0.4) is 0 Å². The van der Waals surface area contributed by atoms with E-state index >= 15 is 0 Å². The number of halogens is 1. The van der Waals surface area contributed by atoms with Crippen LogP contribution in [0, 0.1) is 5.82 Å². The van der Waals surface area contributed by atoms with Crippen molar-refractivity contribution in [1.82, 2.24) is 4.90 Å². The summed E-state index contributed by atoms with van der Waals surface area (Å²) in [6, 6.07) is 11.1. The first-order valence-corrected chi connectivity index (χ1v) is 9.29. The van der Waals surface area contributed by atoms with E-state index in [-0.39, 0.29) is 5.82 Å². The molecule has 4 heteroatoms. The van der Waals surface area contributed by atoms with E-state index in [0.717, 1.165) is 43.0 Å². The smallest absolute Gasteiger partial charge is 0.164 e. The largest absolute Gasteiger partial charge is 0.493 e. The van der Waals surface area contributed by atoms with Crippen molar-refractivity contribution in [3.05, 3.63) is 58.9 Å². The summed E-state index contributed by atoms with van der Waals surface area (Å²) in [6.07, 6.45) is 4.25. The highest BCUT2D eigenvalue weighted by atomic mass is 19.1. The molecular weight excluding hydrogens is 329 g/mol. The van der Waals surface area contributed by atoms with Crippen molar-refractivity contribution in [3.8, 4) is 11.5 Å². The first-order chi connectivity index (χ1) is 12.6. The Kier molecular flexibility index (Phi) is 6.15. The molecule has 0 bridgehead atoms. The highest BCUT2D eigenvalue weighted by molar-refractivity contribution is 5.53. The maximum absolute atomic E-state index is 13.3. The number of benzene rings is 2. The number of hydrogen-bond donors (Lipinski definition) is 0. The summed E-state index contributed by atoms with van der Waals surface area (Å²) in [5, 5.41) is 0. The number of likely N-dealkylation sites (N-methyl/N-ethyl adjacent to an activating group) is 1. The minimum absolute atomic E-state index is 0.160. The number of methoxy groups -OCH3 is 2. The third-order valence-electron chi connectivity index (χ3n) is 5.31. The predicted octanol–water partition coefficient (Wildman–Crippen LogP) is 4.44. The van der Waals surface area contributed by atoms with Crippen molar-refractivity contribution in [2.24, 2.45) is 0 Å². The van der Waals surface area contributed by atoms with E-state index in [1.165, 1.54) is 30.0 Å². The van der Waals surface area contributed by atoms with E-state index < -0.39 is 0 Å². The van der Waals surface area contributed by atoms with Crippen LogP contribution in [0.5, 0.6) is 11.5 Å². The number of nitrogens with zero attached hydrogens (tertiary/aromatic N) is 1. The SMILES string of the molecule is COc1ccc2c(c1OC)CCCC2CN(C)CCc1cccc(F)c1. The van der Waals surface area contributed by atoms with Crippen molar-refractivity contribution in [1.29, 1.82) is 0 Å². The first-order valence-electron chi connectivity index (χ1n) is 9.29. The lowest BCUT2D eigenvalue weighted by atomic mass is 9.82. The lowest BCUT2D eigenvalue weighted by molar-refractivity contribution is 0.297. The Morgan fingerprint density at radius 3 is 2.73 bits per heavy atom. The number of ether oxygens (including phenoxy) is 2. The van der Waals surface area contributed by atoms with Crippen LogP contribution in [-0.4, -0.2) is 39.3 Å². The molecule has 0 saturated heterocycles. The molecule has 1 aliphatic carbocycles. The first kappa shape index (κ1) is 18.7. The summed E-state index contributed by atoms with van der Waals surface area (Å²) < 4.78 is 24.4. The average molecular weight is 357 g/mol. The van der Waals surface area contributed by atoms with Crippen LogP contribution in [0.4, 0.5) is 4.39 Å². The predicted molar refractivity (Wildman–Crippen MR) is 103 cm³/mol. The molecule has 0 heterocycles. The maximum Gasteiger partial charge on any atom is 0.164 e. The second-order valence-corrected chi connectivity index (χ2v) is 7.10. The molecule has 2 aromatic carbocycles. The molecule has 0 amide bonds. The molecule has 0 aromatic heterocycles. The van der Waals surface area contributed by atoms with Crippen molar-refractivity contribution in [3.63, 3.8) is 0 Å². The summed E-state index contributed by atoms with van der Waals surface area (Å²) >= 11 is 0.